The quantitative estimate of drug-likeness (QED) is 0.419. The second-order valence-electron chi connectivity index (χ2n) is 9.43. The van der Waals surface area contributed by atoms with Gasteiger partial charge >= 0.3 is 0 Å². The Morgan fingerprint density at radius 1 is 0.919 bits per heavy atom. The Kier molecular flexibility index (Phi) is 7.01. The lowest BCUT2D eigenvalue weighted by Crippen LogP contribution is -2.44. The van der Waals surface area contributed by atoms with Crippen LogP contribution in [0.4, 0.5) is 34.8 Å². The van der Waals surface area contributed by atoms with E-state index in [1.807, 2.05) is 18.9 Å². The van der Waals surface area contributed by atoms with Gasteiger partial charge in [0.15, 0.2) is 17.4 Å². The van der Waals surface area contributed by atoms with Gasteiger partial charge in [-0.2, -0.15) is 9.37 Å². The second-order valence-corrected chi connectivity index (χ2v) is 9.43. The molecule has 0 atom stereocenters. The number of ether oxygens (including phenoxy) is 1. The standard InChI is InChI=1S/C27H27F4N5O/c1-16-4-3-5-18-19(12-16)24(30)23(14-20(18)28)37-27-25(31)26(32-15-33-27)34-17-6-7-22(21(29)13-17)36-10-8-35(2)9-11-36/h6-7,12-15H,3-5,8-11H2,1-2H3,(H,32,33,34). The smallest absolute Gasteiger partial charge is 0.261 e. The SMILES string of the molecule is CC1=Cc2c(F)c(Oc3ncnc(Nc4ccc(N5CCN(C)CC5)c(F)c4)c3F)cc(F)c2CCC1. The molecule has 0 bridgehead atoms. The molecule has 0 amide bonds. The fourth-order valence-electron chi connectivity index (χ4n) is 4.64. The van der Waals surface area contributed by atoms with Crippen molar-refractivity contribution in [2.24, 2.45) is 0 Å². The summed E-state index contributed by atoms with van der Waals surface area (Å²) >= 11 is 0. The van der Waals surface area contributed by atoms with Gasteiger partial charge in [-0.15, -0.1) is 0 Å². The van der Waals surface area contributed by atoms with Gasteiger partial charge in [-0.05, 0) is 57.0 Å². The van der Waals surface area contributed by atoms with Crippen LogP contribution in [0.2, 0.25) is 0 Å². The van der Waals surface area contributed by atoms with Crippen molar-refractivity contribution in [1.29, 1.82) is 0 Å². The first-order valence-electron chi connectivity index (χ1n) is 12.2. The van der Waals surface area contributed by atoms with E-state index < -0.39 is 34.9 Å². The number of aromatic nitrogens is 2. The van der Waals surface area contributed by atoms with Gasteiger partial charge in [-0.1, -0.05) is 11.6 Å². The predicted octanol–water partition coefficient (Wildman–Crippen LogP) is 6.06. The van der Waals surface area contributed by atoms with Gasteiger partial charge in [0.05, 0.1) is 5.69 Å². The molecule has 1 N–H and O–H groups in total. The Balaban J connectivity index is 1.38. The molecular weight excluding hydrogens is 486 g/mol. The van der Waals surface area contributed by atoms with Crippen LogP contribution in [0.5, 0.6) is 11.6 Å². The van der Waals surface area contributed by atoms with Crippen LogP contribution in [0.3, 0.4) is 0 Å². The number of nitrogens with zero attached hydrogens (tertiary/aromatic N) is 4. The number of fused-ring (bicyclic) bond motifs is 1. The first-order chi connectivity index (χ1) is 17.8. The van der Waals surface area contributed by atoms with E-state index in [1.165, 1.54) is 6.07 Å². The van der Waals surface area contributed by atoms with Crippen LogP contribution >= 0.6 is 0 Å². The van der Waals surface area contributed by atoms with Gasteiger partial charge in [-0.25, -0.2) is 18.2 Å². The van der Waals surface area contributed by atoms with E-state index in [0.29, 0.717) is 31.6 Å². The molecule has 1 aliphatic heterocycles. The fourth-order valence-corrected chi connectivity index (χ4v) is 4.64. The third-order valence-corrected chi connectivity index (χ3v) is 6.73. The molecule has 6 nitrogen and oxygen atoms in total. The minimum atomic E-state index is -1.02. The number of benzene rings is 2. The third kappa shape index (κ3) is 5.24. The van der Waals surface area contributed by atoms with Crippen LogP contribution in [0.1, 0.15) is 30.9 Å². The molecule has 10 heteroatoms. The van der Waals surface area contributed by atoms with Crippen molar-refractivity contribution < 1.29 is 22.3 Å². The number of nitrogens with one attached hydrogen (secondary N) is 1. The van der Waals surface area contributed by atoms with Gasteiger partial charge in [0, 0.05) is 43.5 Å². The number of allylic oxidation sites excluding steroid dienone is 1. The zero-order valence-electron chi connectivity index (χ0n) is 20.6. The summed E-state index contributed by atoms with van der Waals surface area (Å²) in [5.74, 6) is -4.23. The number of likely N-dealkylation sites (N-methyl/N-ethyl adjacent to an activating group) is 1. The number of piperazine rings is 1. The molecule has 3 aromatic rings. The summed E-state index contributed by atoms with van der Waals surface area (Å²) in [4.78, 5) is 11.8. The highest BCUT2D eigenvalue weighted by Crippen LogP contribution is 2.36. The first kappa shape index (κ1) is 25.0. The molecule has 0 radical (unpaired) electrons. The van der Waals surface area contributed by atoms with Crippen molar-refractivity contribution in [2.45, 2.75) is 26.2 Å². The topological polar surface area (TPSA) is 53.5 Å². The summed E-state index contributed by atoms with van der Waals surface area (Å²) < 4.78 is 65.4. The zero-order valence-corrected chi connectivity index (χ0v) is 20.6. The molecular formula is C27H27F4N5O. The summed E-state index contributed by atoms with van der Waals surface area (Å²) in [5, 5.41) is 2.72. The van der Waals surface area contributed by atoms with Crippen molar-refractivity contribution >= 4 is 23.3 Å². The van der Waals surface area contributed by atoms with Crippen molar-refractivity contribution in [2.75, 3.05) is 43.4 Å². The van der Waals surface area contributed by atoms with Gasteiger partial charge < -0.3 is 19.9 Å². The van der Waals surface area contributed by atoms with E-state index in [2.05, 4.69) is 20.2 Å². The van der Waals surface area contributed by atoms with Gasteiger partial charge in [0.1, 0.15) is 18.0 Å². The molecule has 1 aliphatic carbocycles. The highest BCUT2D eigenvalue weighted by Gasteiger charge is 2.23. The van der Waals surface area contributed by atoms with Gasteiger partial charge in [-0.3, -0.25) is 0 Å². The highest BCUT2D eigenvalue weighted by atomic mass is 19.1. The molecule has 37 heavy (non-hydrogen) atoms. The maximum absolute atomic E-state index is 15.2. The highest BCUT2D eigenvalue weighted by molar-refractivity contribution is 5.63. The summed E-state index contributed by atoms with van der Waals surface area (Å²) in [5.41, 5.74) is 2.03. The molecule has 0 saturated carbocycles. The van der Waals surface area contributed by atoms with Crippen LogP contribution in [0, 0.1) is 23.3 Å². The van der Waals surface area contributed by atoms with E-state index in [-0.39, 0.29) is 22.6 Å². The third-order valence-electron chi connectivity index (χ3n) is 6.73. The van der Waals surface area contributed by atoms with Gasteiger partial charge in [0.2, 0.25) is 5.82 Å². The number of halogens is 4. The van der Waals surface area contributed by atoms with Crippen molar-refractivity contribution in [3.05, 3.63) is 70.6 Å². The Morgan fingerprint density at radius 2 is 1.70 bits per heavy atom. The maximum atomic E-state index is 15.2. The molecule has 1 aromatic heterocycles. The largest absolute Gasteiger partial charge is 0.433 e. The molecule has 1 fully saturated rings. The molecule has 2 heterocycles. The average molecular weight is 514 g/mol. The Labute approximate surface area is 212 Å². The zero-order chi connectivity index (χ0) is 26.1. The van der Waals surface area contributed by atoms with E-state index in [9.17, 15) is 8.78 Å². The Bertz CT molecular complexity index is 1360. The predicted molar refractivity (Wildman–Crippen MR) is 134 cm³/mol. The normalized spacial score (nSPS) is 16.2. The monoisotopic (exact) mass is 513 g/mol. The molecule has 2 aromatic carbocycles. The second kappa shape index (κ2) is 10.4. The van der Waals surface area contributed by atoms with Crippen molar-refractivity contribution in [1.82, 2.24) is 14.9 Å². The Hall–Kier alpha value is -3.66. The van der Waals surface area contributed by atoms with Crippen LogP contribution < -0.4 is 15.0 Å². The van der Waals surface area contributed by atoms with Crippen molar-refractivity contribution in [3.8, 4) is 11.6 Å². The number of anilines is 3. The van der Waals surface area contributed by atoms with Crippen LogP contribution in [0.15, 0.2) is 36.2 Å². The lowest BCUT2D eigenvalue weighted by molar-refractivity contribution is 0.311. The molecule has 5 rings (SSSR count). The minimum absolute atomic E-state index is 0.105. The number of rotatable bonds is 5. The summed E-state index contributed by atoms with van der Waals surface area (Å²) in [6.07, 6.45) is 4.45. The molecule has 0 unspecified atom stereocenters. The van der Waals surface area contributed by atoms with Crippen LogP contribution in [-0.4, -0.2) is 48.1 Å². The molecule has 194 valence electrons. The molecule has 1 saturated heterocycles. The Morgan fingerprint density at radius 3 is 2.46 bits per heavy atom. The van der Waals surface area contributed by atoms with E-state index in [4.69, 9.17) is 4.74 Å². The fraction of sp³-hybridized carbons (Fsp3) is 0.333. The average Bonchev–Trinajstić information content (AvgIpc) is 3.07. The van der Waals surface area contributed by atoms with Crippen LogP contribution in [0.25, 0.3) is 6.08 Å². The lowest BCUT2D eigenvalue weighted by atomic mass is 10.0. The van der Waals surface area contributed by atoms with E-state index in [1.54, 1.807) is 18.2 Å². The number of hydrogen-bond donors (Lipinski definition) is 1. The maximum Gasteiger partial charge on any atom is 0.261 e. The summed E-state index contributed by atoms with van der Waals surface area (Å²) in [7, 11) is 2.02. The minimum Gasteiger partial charge on any atom is -0.433 e. The van der Waals surface area contributed by atoms with E-state index >= 15 is 8.78 Å². The summed E-state index contributed by atoms with van der Waals surface area (Å²) in [6, 6.07) is 5.41. The lowest BCUT2D eigenvalue weighted by Gasteiger charge is -2.34. The van der Waals surface area contributed by atoms with Crippen LogP contribution in [-0.2, 0) is 6.42 Å². The molecule has 0 spiro atoms. The molecule has 2 aliphatic rings. The van der Waals surface area contributed by atoms with Gasteiger partial charge in [0.25, 0.3) is 5.88 Å². The van der Waals surface area contributed by atoms with Crippen molar-refractivity contribution in [3.63, 3.8) is 0 Å². The first-order valence-corrected chi connectivity index (χ1v) is 12.2. The number of hydrogen-bond acceptors (Lipinski definition) is 6. The summed E-state index contributed by atoms with van der Waals surface area (Å²) in [6.45, 7) is 4.92. The van der Waals surface area contributed by atoms with E-state index in [0.717, 1.165) is 37.5 Å².